The van der Waals surface area contributed by atoms with Crippen LogP contribution in [0.2, 0.25) is 0 Å². The van der Waals surface area contributed by atoms with Gasteiger partial charge in [-0.2, -0.15) is 0 Å². The van der Waals surface area contributed by atoms with Gasteiger partial charge in [-0.3, -0.25) is 9.80 Å². The highest BCUT2D eigenvalue weighted by atomic mass is 16.5. The van der Waals surface area contributed by atoms with Crippen LogP contribution in [-0.4, -0.2) is 74.9 Å². The van der Waals surface area contributed by atoms with Crippen LogP contribution in [0, 0.1) is 5.41 Å². The minimum Gasteiger partial charge on any atom is -0.381 e. The van der Waals surface area contributed by atoms with E-state index in [1.54, 1.807) is 0 Å². The van der Waals surface area contributed by atoms with Gasteiger partial charge in [0.2, 0.25) is 0 Å². The number of ether oxygens (including phenoxy) is 1. The maximum absolute atomic E-state index is 5.60. The standard InChI is InChI=1S/C16H31N3O/c1-14-10-18-7-3-4-15(18)11-19(14)13-16(12-17-2)5-8-20-9-6-16/h14-15,17H,3-13H2,1-2H3. The van der Waals surface area contributed by atoms with E-state index in [0.717, 1.165) is 25.8 Å². The molecule has 3 saturated heterocycles. The molecule has 4 heteroatoms. The Hall–Kier alpha value is -0.160. The van der Waals surface area contributed by atoms with Crippen LogP contribution in [0.15, 0.2) is 0 Å². The van der Waals surface area contributed by atoms with Gasteiger partial charge in [0, 0.05) is 51.5 Å². The molecule has 0 saturated carbocycles. The molecular weight excluding hydrogens is 250 g/mol. The molecule has 2 unspecified atom stereocenters. The highest BCUT2D eigenvalue weighted by Crippen LogP contribution is 2.34. The molecule has 3 rings (SSSR count). The molecule has 3 fully saturated rings. The number of hydrogen-bond donors (Lipinski definition) is 1. The lowest BCUT2D eigenvalue weighted by atomic mass is 9.79. The lowest BCUT2D eigenvalue weighted by Gasteiger charge is -2.48. The smallest absolute Gasteiger partial charge is 0.0472 e. The Balaban J connectivity index is 1.64. The number of nitrogens with one attached hydrogen (secondary N) is 1. The van der Waals surface area contributed by atoms with Crippen LogP contribution >= 0.6 is 0 Å². The van der Waals surface area contributed by atoms with E-state index in [-0.39, 0.29) is 0 Å². The number of fused-ring (bicyclic) bond motifs is 1. The van der Waals surface area contributed by atoms with Crippen molar-refractivity contribution in [3.8, 4) is 0 Å². The van der Waals surface area contributed by atoms with Crippen molar-refractivity contribution in [3.63, 3.8) is 0 Å². The van der Waals surface area contributed by atoms with Gasteiger partial charge in [-0.25, -0.2) is 0 Å². The van der Waals surface area contributed by atoms with Gasteiger partial charge in [-0.1, -0.05) is 0 Å². The van der Waals surface area contributed by atoms with Gasteiger partial charge in [0.25, 0.3) is 0 Å². The largest absolute Gasteiger partial charge is 0.381 e. The second-order valence-electron chi connectivity index (χ2n) is 7.21. The first-order valence-corrected chi connectivity index (χ1v) is 8.43. The van der Waals surface area contributed by atoms with Crippen molar-refractivity contribution in [1.29, 1.82) is 0 Å². The average molecular weight is 281 g/mol. The molecule has 0 aromatic carbocycles. The summed E-state index contributed by atoms with van der Waals surface area (Å²) >= 11 is 0. The van der Waals surface area contributed by atoms with Crippen molar-refractivity contribution in [2.45, 2.75) is 44.7 Å². The summed E-state index contributed by atoms with van der Waals surface area (Å²) in [5.41, 5.74) is 0.433. The molecule has 0 aromatic heterocycles. The van der Waals surface area contributed by atoms with Crippen molar-refractivity contribution in [2.75, 3.05) is 53.0 Å². The minimum absolute atomic E-state index is 0.433. The Morgan fingerprint density at radius 2 is 2.05 bits per heavy atom. The molecule has 116 valence electrons. The monoisotopic (exact) mass is 281 g/mol. The zero-order valence-corrected chi connectivity index (χ0v) is 13.2. The normalized spacial score (nSPS) is 35.1. The van der Waals surface area contributed by atoms with Gasteiger partial charge >= 0.3 is 0 Å². The Morgan fingerprint density at radius 3 is 2.80 bits per heavy atom. The van der Waals surface area contributed by atoms with Crippen LogP contribution in [0.1, 0.15) is 32.6 Å². The third-order valence-corrected chi connectivity index (χ3v) is 5.71. The molecule has 0 radical (unpaired) electrons. The highest BCUT2D eigenvalue weighted by Gasteiger charge is 2.39. The molecule has 3 aliphatic rings. The molecule has 1 N–H and O–H groups in total. The summed E-state index contributed by atoms with van der Waals surface area (Å²) in [6.45, 7) is 10.6. The summed E-state index contributed by atoms with van der Waals surface area (Å²) in [6.07, 6.45) is 5.24. The highest BCUT2D eigenvalue weighted by molar-refractivity contribution is 4.95. The van der Waals surface area contributed by atoms with Crippen LogP contribution in [0.4, 0.5) is 0 Å². The van der Waals surface area contributed by atoms with E-state index in [0.29, 0.717) is 11.5 Å². The van der Waals surface area contributed by atoms with E-state index >= 15 is 0 Å². The quantitative estimate of drug-likeness (QED) is 0.837. The second kappa shape index (κ2) is 6.30. The predicted molar refractivity (Wildman–Crippen MR) is 82.0 cm³/mol. The average Bonchev–Trinajstić information content (AvgIpc) is 2.87. The maximum Gasteiger partial charge on any atom is 0.0472 e. The lowest BCUT2D eigenvalue weighted by molar-refractivity contribution is -0.0296. The molecule has 3 heterocycles. The molecule has 0 spiro atoms. The molecule has 0 aliphatic carbocycles. The van der Waals surface area contributed by atoms with E-state index in [1.165, 1.54) is 51.9 Å². The molecular formula is C16H31N3O. The predicted octanol–water partition coefficient (Wildman–Crippen LogP) is 1.17. The van der Waals surface area contributed by atoms with Crippen molar-refractivity contribution in [3.05, 3.63) is 0 Å². The zero-order chi connectivity index (χ0) is 14.0. The maximum atomic E-state index is 5.60. The number of nitrogens with zero attached hydrogens (tertiary/aromatic N) is 2. The van der Waals surface area contributed by atoms with Crippen molar-refractivity contribution in [1.82, 2.24) is 15.1 Å². The van der Waals surface area contributed by atoms with E-state index in [1.807, 2.05) is 0 Å². The molecule has 0 aromatic rings. The van der Waals surface area contributed by atoms with Crippen molar-refractivity contribution in [2.24, 2.45) is 5.41 Å². The van der Waals surface area contributed by atoms with E-state index in [4.69, 9.17) is 4.74 Å². The lowest BCUT2D eigenvalue weighted by Crippen LogP contribution is -2.58. The van der Waals surface area contributed by atoms with Crippen molar-refractivity contribution < 1.29 is 4.74 Å². The van der Waals surface area contributed by atoms with E-state index in [9.17, 15) is 0 Å². The first-order chi connectivity index (χ1) is 9.72. The van der Waals surface area contributed by atoms with Gasteiger partial charge in [-0.05, 0) is 51.6 Å². The van der Waals surface area contributed by atoms with Crippen LogP contribution in [0.5, 0.6) is 0 Å². The molecule has 20 heavy (non-hydrogen) atoms. The fraction of sp³-hybridized carbons (Fsp3) is 1.00. The van der Waals surface area contributed by atoms with E-state index < -0.39 is 0 Å². The van der Waals surface area contributed by atoms with Crippen molar-refractivity contribution >= 4 is 0 Å². The van der Waals surface area contributed by atoms with Gasteiger partial charge in [0.05, 0.1) is 0 Å². The third kappa shape index (κ3) is 3.03. The summed E-state index contributed by atoms with van der Waals surface area (Å²) in [7, 11) is 2.09. The number of piperazine rings is 1. The first kappa shape index (κ1) is 14.8. The summed E-state index contributed by atoms with van der Waals surface area (Å²) in [5, 5.41) is 3.44. The zero-order valence-electron chi connectivity index (χ0n) is 13.2. The minimum atomic E-state index is 0.433. The number of hydrogen-bond acceptors (Lipinski definition) is 4. The fourth-order valence-corrected chi connectivity index (χ4v) is 4.47. The first-order valence-electron chi connectivity index (χ1n) is 8.43. The van der Waals surface area contributed by atoms with Gasteiger partial charge in [0.15, 0.2) is 0 Å². The fourth-order valence-electron chi connectivity index (χ4n) is 4.47. The molecule has 0 amide bonds. The van der Waals surface area contributed by atoms with Crippen LogP contribution < -0.4 is 5.32 Å². The Bertz CT molecular complexity index is 311. The van der Waals surface area contributed by atoms with Gasteiger partial charge < -0.3 is 10.1 Å². The van der Waals surface area contributed by atoms with Gasteiger partial charge in [-0.15, -0.1) is 0 Å². The molecule has 4 nitrogen and oxygen atoms in total. The third-order valence-electron chi connectivity index (χ3n) is 5.71. The van der Waals surface area contributed by atoms with Gasteiger partial charge in [0.1, 0.15) is 0 Å². The van der Waals surface area contributed by atoms with Crippen LogP contribution in [-0.2, 0) is 4.74 Å². The Kier molecular flexibility index (Phi) is 4.65. The van der Waals surface area contributed by atoms with Crippen LogP contribution in [0.25, 0.3) is 0 Å². The Morgan fingerprint density at radius 1 is 1.25 bits per heavy atom. The number of rotatable bonds is 4. The Labute approximate surface area is 123 Å². The summed E-state index contributed by atoms with van der Waals surface area (Å²) in [5.74, 6) is 0. The van der Waals surface area contributed by atoms with Crippen LogP contribution in [0.3, 0.4) is 0 Å². The SMILES string of the molecule is CNCC1(CN2CC3CCCN3CC2C)CCOCC1. The summed E-state index contributed by atoms with van der Waals surface area (Å²) < 4.78 is 5.60. The summed E-state index contributed by atoms with van der Waals surface area (Å²) in [6, 6.07) is 1.54. The van der Waals surface area contributed by atoms with E-state index in [2.05, 4.69) is 29.1 Å². The second-order valence-corrected chi connectivity index (χ2v) is 7.21. The molecule has 3 aliphatic heterocycles. The topological polar surface area (TPSA) is 27.7 Å². The molecule has 2 atom stereocenters. The summed E-state index contributed by atoms with van der Waals surface area (Å²) in [4.78, 5) is 5.49. The molecule has 0 bridgehead atoms.